The van der Waals surface area contributed by atoms with Gasteiger partial charge in [-0.2, -0.15) is 0 Å². The zero-order valence-corrected chi connectivity index (χ0v) is 14.7. The third kappa shape index (κ3) is 3.69. The van der Waals surface area contributed by atoms with E-state index in [0.717, 1.165) is 9.26 Å². The van der Waals surface area contributed by atoms with Crippen molar-refractivity contribution in [1.82, 2.24) is 9.97 Å². The summed E-state index contributed by atoms with van der Waals surface area (Å²) in [5.41, 5.74) is 1.31. The van der Waals surface area contributed by atoms with E-state index in [0.29, 0.717) is 16.5 Å². The molecule has 6 heteroatoms. The van der Waals surface area contributed by atoms with E-state index in [-0.39, 0.29) is 11.0 Å². The molecule has 0 aliphatic heterocycles. The molecule has 112 valence electrons. The number of aromatic nitrogens is 2. The maximum Gasteiger partial charge on any atom is 0.263 e. The molecule has 0 aliphatic rings. The number of benzene rings is 1. The standard InChI is InChI=1S/C15H14ClF2IN2/c1-15(2,3)11-10(19)12(16)21-14(20-11)9-6-4-8(5-7-9)13(17)18/h4-7,13H,1-3H3. The first-order valence-corrected chi connectivity index (χ1v) is 7.78. The lowest BCUT2D eigenvalue weighted by Gasteiger charge is -2.20. The fourth-order valence-corrected chi connectivity index (χ4v) is 3.04. The predicted molar refractivity (Wildman–Crippen MR) is 88.9 cm³/mol. The molecule has 0 radical (unpaired) electrons. The van der Waals surface area contributed by atoms with Gasteiger partial charge in [0.05, 0.1) is 9.26 Å². The van der Waals surface area contributed by atoms with Crippen LogP contribution < -0.4 is 0 Å². The fourth-order valence-electron chi connectivity index (χ4n) is 1.82. The van der Waals surface area contributed by atoms with E-state index in [4.69, 9.17) is 11.6 Å². The topological polar surface area (TPSA) is 25.8 Å². The molecule has 2 nitrogen and oxygen atoms in total. The Morgan fingerprint density at radius 3 is 2.14 bits per heavy atom. The Hall–Kier alpha value is -0.820. The van der Waals surface area contributed by atoms with Crippen LogP contribution in [-0.4, -0.2) is 9.97 Å². The Bertz CT molecular complexity index is 652. The van der Waals surface area contributed by atoms with E-state index in [2.05, 4.69) is 32.6 Å². The van der Waals surface area contributed by atoms with E-state index in [1.165, 1.54) is 12.1 Å². The molecule has 21 heavy (non-hydrogen) atoms. The van der Waals surface area contributed by atoms with Crippen molar-refractivity contribution in [3.63, 3.8) is 0 Å². The molecule has 1 aromatic heterocycles. The van der Waals surface area contributed by atoms with Gasteiger partial charge in [0.1, 0.15) is 5.15 Å². The van der Waals surface area contributed by atoms with Crippen molar-refractivity contribution >= 4 is 34.2 Å². The molecule has 0 amide bonds. The largest absolute Gasteiger partial charge is 0.263 e. The van der Waals surface area contributed by atoms with Crippen LogP contribution in [-0.2, 0) is 5.41 Å². The number of halogens is 4. The van der Waals surface area contributed by atoms with Crippen molar-refractivity contribution in [3.05, 3.63) is 44.2 Å². The van der Waals surface area contributed by atoms with Crippen molar-refractivity contribution in [2.45, 2.75) is 32.6 Å². The average Bonchev–Trinajstić information content (AvgIpc) is 2.40. The summed E-state index contributed by atoms with van der Waals surface area (Å²) in [5, 5.41) is 0.378. The van der Waals surface area contributed by atoms with Crippen LogP contribution in [0.25, 0.3) is 11.4 Å². The lowest BCUT2D eigenvalue weighted by molar-refractivity contribution is 0.151. The highest BCUT2D eigenvalue weighted by Crippen LogP contribution is 2.31. The van der Waals surface area contributed by atoms with Gasteiger partial charge in [0.2, 0.25) is 0 Å². The third-order valence-electron chi connectivity index (χ3n) is 2.94. The molecule has 0 unspecified atom stereocenters. The van der Waals surface area contributed by atoms with Gasteiger partial charge in [-0.15, -0.1) is 0 Å². The van der Waals surface area contributed by atoms with Gasteiger partial charge < -0.3 is 0 Å². The monoisotopic (exact) mass is 422 g/mol. The number of rotatable bonds is 2. The van der Waals surface area contributed by atoms with Gasteiger partial charge in [0.15, 0.2) is 5.82 Å². The molecular weight excluding hydrogens is 409 g/mol. The van der Waals surface area contributed by atoms with Gasteiger partial charge in [0.25, 0.3) is 6.43 Å². The number of hydrogen-bond acceptors (Lipinski definition) is 2. The zero-order chi connectivity index (χ0) is 15.8. The first kappa shape index (κ1) is 16.5. The minimum Gasteiger partial charge on any atom is -0.231 e. The Morgan fingerprint density at radius 2 is 1.67 bits per heavy atom. The van der Waals surface area contributed by atoms with Crippen molar-refractivity contribution in [2.75, 3.05) is 0 Å². The summed E-state index contributed by atoms with van der Waals surface area (Å²) in [6, 6.07) is 5.94. The molecule has 0 atom stereocenters. The average molecular weight is 423 g/mol. The smallest absolute Gasteiger partial charge is 0.231 e. The van der Waals surface area contributed by atoms with Gasteiger partial charge in [0, 0.05) is 16.5 Å². The van der Waals surface area contributed by atoms with Crippen LogP contribution in [0.2, 0.25) is 5.15 Å². The zero-order valence-electron chi connectivity index (χ0n) is 11.8. The maximum atomic E-state index is 12.6. The van der Waals surface area contributed by atoms with E-state index in [9.17, 15) is 8.78 Å². The minimum absolute atomic E-state index is 0.0218. The summed E-state index contributed by atoms with van der Waals surface area (Å²) in [6.45, 7) is 6.12. The molecule has 1 heterocycles. The van der Waals surface area contributed by atoms with Gasteiger partial charge >= 0.3 is 0 Å². The molecule has 2 rings (SSSR count). The molecular formula is C15H14ClF2IN2. The van der Waals surface area contributed by atoms with E-state index < -0.39 is 6.43 Å². The second kappa shape index (κ2) is 6.12. The van der Waals surface area contributed by atoms with Crippen LogP contribution in [0.5, 0.6) is 0 Å². The highest BCUT2D eigenvalue weighted by molar-refractivity contribution is 14.1. The molecule has 0 fully saturated rings. The van der Waals surface area contributed by atoms with Crippen LogP contribution in [0.15, 0.2) is 24.3 Å². The summed E-state index contributed by atoms with van der Waals surface area (Å²) in [7, 11) is 0. The molecule has 0 saturated carbocycles. The van der Waals surface area contributed by atoms with Crippen molar-refractivity contribution < 1.29 is 8.78 Å². The summed E-state index contributed by atoms with van der Waals surface area (Å²) >= 11 is 8.30. The number of hydrogen-bond donors (Lipinski definition) is 0. The summed E-state index contributed by atoms with van der Waals surface area (Å²) in [6.07, 6.45) is -2.48. The first-order valence-electron chi connectivity index (χ1n) is 6.32. The Balaban J connectivity index is 2.52. The molecule has 2 aromatic rings. The highest BCUT2D eigenvalue weighted by atomic mass is 127. The predicted octanol–water partition coefficient (Wildman–Crippen LogP) is 5.64. The molecule has 0 spiro atoms. The molecule has 0 bridgehead atoms. The van der Waals surface area contributed by atoms with Crippen LogP contribution in [0.3, 0.4) is 0 Å². The van der Waals surface area contributed by atoms with Crippen molar-refractivity contribution in [3.8, 4) is 11.4 Å². The van der Waals surface area contributed by atoms with Gasteiger partial charge in [-0.25, -0.2) is 18.7 Å². The van der Waals surface area contributed by atoms with Gasteiger partial charge in [-0.3, -0.25) is 0 Å². The number of alkyl halides is 2. The normalized spacial score (nSPS) is 12.0. The van der Waals surface area contributed by atoms with Gasteiger partial charge in [-0.05, 0) is 22.6 Å². The SMILES string of the molecule is CC(C)(C)c1nc(-c2ccc(C(F)F)cc2)nc(Cl)c1I. The van der Waals surface area contributed by atoms with E-state index >= 15 is 0 Å². The van der Waals surface area contributed by atoms with Crippen molar-refractivity contribution in [2.24, 2.45) is 0 Å². The molecule has 0 N–H and O–H groups in total. The molecule has 0 saturated heterocycles. The van der Waals surface area contributed by atoms with E-state index in [1.54, 1.807) is 12.1 Å². The van der Waals surface area contributed by atoms with Gasteiger partial charge in [-0.1, -0.05) is 56.6 Å². The number of nitrogens with zero attached hydrogens (tertiary/aromatic N) is 2. The maximum absolute atomic E-state index is 12.6. The summed E-state index contributed by atoms with van der Waals surface area (Å²) in [5.74, 6) is 0.450. The lowest BCUT2D eigenvalue weighted by Crippen LogP contribution is -2.17. The first-order chi connectivity index (χ1) is 9.70. The third-order valence-corrected chi connectivity index (χ3v) is 4.56. The lowest BCUT2D eigenvalue weighted by atomic mass is 9.92. The van der Waals surface area contributed by atoms with Crippen molar-refractivity contribution in [1.29, 1.82) is 0 Å². The Labute approximate surface area is 141 Å². The summed E-state index contributed by atoms with van der Waals surface area (Å²) in [4.78, 5) is 8.81. The molecule has 0 aliphatic carbocycles. The highest BCUT2D eigenvalue weighted by Gasteiger charge is 2.23. The van der Waals surface area contributed by atoms with Crippen LogP contribution in [0.4, 0.5) is 8.78 Å². The quantitative estimate of drug-likeness (QED) is 0.462. The second-order valence-corrected chi connectivity index (χ2v) is 7.11. The minimum atomic E-state index is -2.48. The van der Waals surface area contributed by atoms with Crippen LogP contribution in [0, 0.1) is 3.57 Å². The second-order valence-electron chi connectivity index (χ2n) is 5.67. The fraction of sp³-hybridized carbons (Fsp3) is 0.333. The molecule has 1 aromatic carbocycles. The van der Waals surface area contributed by atoms with Crippen LogP contribution in [0.1, 0.15) is 38.5 Å². The van der Waals surface area contributed by atoms with Crippen LogP contribution >= 0.6 is 34.2 Å². The Morgan fingerprint density at radius 1 is 1.10 bits per heavy atom. The Kier molecular flexibility index (Phi) is 4.82. The van der Waals surface area contributed by atoms with E-state index in [1.807, 2.05) is 20.8 Å². The summed E-state index contributed by atoms with van der Waals surface area (Å²) < 4.78 is 26.0.